The minimum absolute atomic E-state index is 0.0559. The zero-order chi connectivity index (χ0) is 21.2. The normalized spacial score (nSPS) is 11.3. The summed E-state index contributed by atoms with van der Waals surface area (Å²) in [7, 11) is 1.63. The molecule has 152 valence electrons. The topological polar surface area (TPSA) is 65.3 Å². The number of anilines is 1. The summed E-state index contributed by atoms with van der Waals surface area (Å²) in [4.78, 5) is 24.5. The van der Waals surface area contributed by atoms with Gasteiger partial charge in [-0.05, 0) is 46.3 Å². The maximum absolute atomic E-state index is 12.8. The van der Waals surface area contributed by atoms with Crippen LogP contribution < -0.4 is 10.9 Å². The molecule has 1 aromatic heterocycles. The van der Waals surface area contributed by atoms with Crippen LogP contribution in [-0.2, 0) is 24.6 Å². The third-order valence-corrected chi connectivity index (χ3v) is 4.90. The number of aromatic nitrogens is 2. The summed E-state index contributed by atoms with van der Waals surface area (Å²) in [6.07, 6.45) is -5.47. The number of ether oxygens (including phenoxy) is 1. The van der Waals surface area contributed by atoms with Crippen LogP contribution in [0.15, 0.2) is 63.9 Å². The molecule has 0 atom stereocenters. The van der Waals surface area contributed by atoms with Crippen LogP contribution in [0.5, 0.6) is 0 Å². The van der Waals surface area contributed by atoms with Crippen LogP contribution in [0.4, 0.5) is 23.7 Å². The highest BCUT2D eigenvalue weighted by atomic mass is 79.9. The van der Waals surface area contributed by atoms with Crippen LogP contribution in [0.1, 0.15) is 11.3 Å². The van der Waals surface area contributed by atoms with E-state index in [4.69, 9.17) is 4.74 Å². The average molecular weight is 470 g/mol. The number of amides is 1. The molecule has 0 aliphatic heterocycles. The average Bonchev–Trinajstić information content (AvgIpc) is 2.89. The standard InChI is InChI=1S/C19H15BrF3N3O3/c1-25-15(16(20)17(27)26(25)14-8-3-2-4-9-14)11-29-18(28)24-13-7-5-6-12(10-13)19(21,22)23/h2-10H,11H2,1H3,(H,24,28). The molecule has 0 aliphatic carbocycles. The quantitative estimate of drug-likeness (QED) is 0.601. The number of carbonyl (C=O) groups excluding carboxylic acids is 1. The van der Waals surface area contributed by atoms with E-state index in [2.05, 4.69) is 21.2 Å². The van der Waals surface area contributed by atoms with E-state index < -0.39 is 17.8 Å². The van der Waals surface area contributed by atoms with Crippen molar-refractivity contribution in [3.8, 4) is 5.69 Å². The van der Waals surface area contributed by atoms with Crippen molar-refractivity contribution in [3.05, 3.63) is 80.7 Å². The molecule has 1 N–H and O–H groups in total. The molecule has 0 spiro atoms. The third kappa shape index (κ3) is 4.53. The first-order valence-corrected chi connectivity index (χ1v) is 9.10. The molecule has 2 aromatic carbocycles. The molecule has 10 heteroatoms. The summed E-state index contributed by atoms with van der Waals surface area (Å²) in [5.41, 5.74) is -0.269. The van der Waals surface area contributed by atoms with Gasteiger partial charge in [-0.3, -0.25) is 14.8 Å². The largest absolute Gasteiger partial charge is 0.443 e. The Morgan fingerprint density at radius 1 is 1.14 bits per heavy atom. The lowest BCUT2D eigenvalue weighted by Gasteiger charge is -2.12. The Morgan fingerprint density at radius 2 is 1.83 bits per heavy atom. The van der Waals surface area contributed by atoms with Gasteiger partial charge in [-0.2, -0.15) is 13.2 Å². The molecule has 0 aliphatic rings. The molecule has 0 bridgehead atoms. The molecular weight excluding hydrogens is 455 g/mol. The Bertz CT molecular complexity index is 1090. The van der Waals surface area contributed by atoms with Crippen LogP contribution in [0, 0.1) is 0 Å². The summed E-state index contributed by atoms with van der Waals surface area (Å²) in [5.74, 6) is 0. The zero-order valence-electron chi connectivity index (χ0n) is 15.0. The second-order valence-corrected chi connectivity index (χ2v) is 6.81. The first-order valence-electron chi connectivity index (χ1n) is 8.31. The Kier molecular flexibility index (Phi) is 5.83. The van der Waals surface area contributed by atoms with E-state index in [1.165, 1.54) is 21.5 Å². The third-order valence-electron chi connectivity index (χ3n) is 4.10. The highest BCUT2D eigenvalue weighted by Gasteiger charge is 2.30. The summed E-state index contributed by atoms with van der Waals surface area (Å²) in [6.45, 7) is -0.267. The number of para-hydroxylation sites is 1. The van der Waals surface area contributed by atoms with Crippen LogP contribution in [0.3, 0.4) is 0 Å². The van der Waals surface area contributed by atoms with Crippen LogP contribution in [0.25, 0.3) is 5.69 Å². The number of carbonyl (C=O) groups is 1. The monoisotopic (exact) mass is 469 g/mol. The van der Waals surface area contributed by atoms with Gasteiger partial charge in [0, 0.05) is 12.7 Å². The summed E-state index contributed by atoms with van der Waals surface area (Å²) < 4.78 is 46.5. The number of halogens is 4. The van der Waals surface area contributed by atoms with Crippen LogP contribution in [0.2, 0.25) is 0 Å². The molecule has 3 aromatic rings. The molecule has 0 radical (unpaired) electrons. The maximum atomic E-state index is 12.8. The van der Waals surface area contributed by atoms with Crippen molar-refractivity contribution < 1.29 is 22.7 Å². The molecule has 1 amide bonds. The molecule has 0 unspecified atom stereocenters. The van der Waals surface area contributed by atoms with Crippen molar-refractivity contribution in [2.24, 2.45) is 7.05 Å². The Labute approximate surface area is 171 Å². The van der Waals surface area contributed by atoms with E-state index in [1.54, 1.807) is 31.3 Å². The molecule has 0 fully saturated rings. The number of rotatable bonds is 4. The fraction of sp³-hybridized carbons (Fsp3) is 0.158. The Morgan fingerprint density at radius 3 is 2.48 bits per heavy atom. The van der Waals surface area contributed by atoms with Crippen molar-refractivity contribution in [2.75, 3.05) is 5.32 Å². The fourth-order valence-electron chi connectivity index (χ4n) is 2.69. The van der Waals surface area contributed by atoms with Gasteiger partial charge >= 0.3 is 12.3 Å². The van der Waals surface area contributed by atoms with E-state index in [1.807, 2.05) is 6.07 Å². The molecule has 6 nitrogen and oxygen atoms in total. The van der Waals surface area contributed by atoms with Crippen LogP contribution in [-0.4, -0.2) is 15.5 Å². The number of hydrogen-bond donors (Lipinski definition) is 1. The predicted octanol–water partition coefficient (Wildman–Crippen LogP) is 4.71. The number of nitrogens with one attached hydrogen (secondary N) is 1. The molecule has 1 heterocycles. The van der Waals surface area contributed by atoms with Gasteiger partial charge in [-0.25, -0.2) is 9.48 Å². The van der Waals surface area contributed by atoms with Crippen molar-refractivity contribution in [1.82, 2.24) is 9.36 Å². The van der Waals surface area contributed by atoms with Gasteiger partial charge in [-0.1, -0.05) is 24.3 Å². The lowest BCUT2D eigenvalue weighted by Crippen LogP contribution is -2.20. The highest BCUT2D eigenvalue weighted by molar-refractivity contribution is 9.10. The second kappa shape index (κ2) is 8.16. The summed E-state index contributed by atoms with van der Waals surface area (Å²) >= 11 is 3.21. The van der Waals surface area contributed by atoms with Crippen molar-refractivity contribution in [2.45, 2.75) is 12.8 Å². The van der Waals surface area contributed by atoms with Crippen molar-refractivity contribution in [3.63, 3.8) is 0 Å². The van der Waals surface area contributed by atoms with E-state index in [0.29, 0.717) is 11.4 Å². The lowest BCUT2D eigenvalue weighted by atomic mass is 10.2. The first-order chi connectivity index (χ1) is 13.7. The number of hydrogen-bond acceptors (Lipinski definition) is 3. The van der Waals surface area contributed by atoms with Crippen molar-refractivity contribution >= 4 is 27.7 Å². The zero-order valence-corrected chi connectivity index (χ0v) is 16.6. The first kappa shape index (κ1) is 20.7. The van der Waals surface area contributed by atoms with Gasteiger partial charge in [0.2, 0.25) is 0 Å². The minimum Gasteiger partial charge on any atom is -0.443 e. The van der Waals surface area contributed by atoms with E-state index in [0.717, 1.165) is 12.1 Å². The SMILES string of the molecule is Cn1c(COC(=O)Nc2cccc(C(F)(F)F)c2)c(Br)c(=O)n1-c1ccccc1. The fourth-order valence-corrected chi connectivity index (χ4v) is 3.23. The van der Waals surface area contributed by atoms with Crippen LogP contribution >= 0.6 is 15.9 Å². The smallest absolute Gasteiger partial charge is 0.416 e. The molecule has 29 heavy (non-hydrogen) atoms. The second-order valence-electron chi connectivity index (χ2n) is 6.02. The maximum Gasteiger partial charge on any atom is 0.416 e. The molecule has 3 rings (SSSR count). The minimum atomic E-state index is -4.52. The molecular formula is C19H15BrF3N3O3. The summed E-state index contributed by atoms with van der Waals surface area (Å²) in [6, 6.07) is 13.1. The van der Waals surface area contributed by atoms with E-state index in [-0.39, 0.29) is 22.3 Å². The highest BCUT2D eigenvalue weighted by Crippen LogP contribution is 2.30. The van der Waals surface area contributed by atoms with Gasteiger partial charge in [0.1, 0.15) is 11.1 Å². The summed E-state index contributed by atoms with van der Waals surface area (Å²) in [5, 5.41) is 2.25. The van der Waals surface area contributed by atoms with Gasteiger partial charge < -0.3 is 4.74 Å². The number of nitrogens with zero attached hydrogens (tertiary/aromatic N) is 2. The lowest BCUT2D eigenvalue weighted by molar-refractivity contribution is -0.137. The van der Waals surface area contributed by atoms with Gasteiger partial charge in [0.25, 0.3) is 5.56 Å². The van der Waals surface area contributed by atoms with Gasteiger partial charge in [-0.15, -0.1) is 0 Å². The molecule has 0 saturated carbocycles. The number of alkyl halides is 3. The number of benzene rings is 2. The Balaban J connectivity index is 1.74. The Hall–Kier alpha value is -3.01. The van der Waals surface area contributed by atoms with Crippen molar-refractivity contribution in [1.29, 1.82) is 0 Å². The van der Waals surface area contributed by atoms with E-state index >= 15 is 0 Å². The van der Waals surface area contributed by atoms with Gasteiger partial charge in [0.15, 0.2) is 0 Å². The van der Waals surface area contributed by atoms with E-state index in [9.17, 15) is 22.8 Å². The molecule has 0 saturated heterocycles. The predicted molar refractivity (Wildman–Crippen MR) is 104 cm³/mol. The van der Waals surface area contributed by atoms with Gasteiger partial charge in [0.05, 0.1) is 16.9 Å².